The summed E-state index contributed by atoms with van der Waals surface area (Å²) in [5.41, 5.74) is 2.69. The number of benzene rings is 2. The van der Waals surface area contributed by atoms with Crippen LogP contribution in [0.2, 0.25) is 0 Å². The molecule has 3 aromatic rings. The third-order valence-corrected chi connectivity index (χ3v) is 4.37. The van der Waals surface area contributed by atoms with Crippen LogP contribution in [0.5, 0.6) is 5.88 Å². The minimum atomic E-state index is 0.00614. The highest BCUT2D eigenvalue weighted by molar-refractivity contribution is 5.96. The Labute approximate surface area is 140 Å². The molecule has 1 aliphatic rings. The van der Waals surface area contributed by atoms with Crippen LogP contribution >= 0.6 is 0 Å². The summed E-state index contributed by atoms with van der Waals surface area (Å²) in [6, 6.07) is 19.5. The lowest BCUT2D eigenvalue weighted by atomic mass is 10.0. The number of ether oxygens (including phenoxy) is 1. The molecule has 0 radical (unpaired) electrons. The summed E-state index contributed by atoms with van der Waals surface area (Å²) in [6.45, 7) is 3.16. The minimum Gasteiger partial charge on any atom is -0.471 e. The predicted octanol–water partition coefficient (Wildman–Crippen LogP) is 3.45. The molecule has 2 aromatic carbocycles. The molecule has 1 amide bonds. The van der Waals surface area contributed by atoms with E-state index < -0.39 is 0 Å². The molecule has 120 valence electrons. The number of carbonyl (C=O) groups excluding carboxylic acids is 1. The van der Waals surface area contributed by atoms with Gasteiger partial charge in [-0.05, 0) is 30.7 Å². The van der Waals surface area contributed by atoms with Gasteiger partial charge in [0.05, 0.1) is 18.6 Å². The van der Waals surface area contributed by atoms with Gasteiger partial charge in [0.25, 0.3) is 5.91 Å². The van der Waals surface area contributed by atoms with Gasteiger partial charge in [0.2, 0.25) is 5.88 Å². The first-order chi connectivity index (χ1) is 11.7. The largest absolute Gasteiger partial charge is 0.471 e. The Morgan fingerprint density at radius 2 is 1.79 bits per heavy atom. The summed E-state index contributed by atoms with van der Waals surface area (Å²) in [5, 5.41) is 1.09. The number of para-hydroxylation sites is 1. The topological polar surface area (TPSA) is 42.4 Å². The monoisotopic (exact) mass is 318 g/mol. The fraction of sp³-hybridized carbons (Fsp3) is 0.200. The smallest absolute Gasteiger partial charge is 0.254 e. The molecule has 0 spiro atoms. The van der Waals surface area contributed by atoms with E-state index >= 15 is 0 Å². The van der Waals surface area contributed by atoms with Gasteiger partial charge in [-0.3, -0.25) is 4.79 Å². The lowest BCUT2D eigenvalue weighted by Crippen LogP contribution is -2.56. The molecule has 2 heterocycles. The van der Waals surface area contributed by atoms with E-state index in [1.54, 1.807) is 0 Å². The van der Waals surface area contributed by atoms with Gasteiger partial charge in [-0.15, -0.1) is 0 Å². The highest BCUT2D eigenvalue weighted by Gasteiger charge is 2.33. The first-order valence-corrected chi connectivity index (χ1v) is 8.08. The van der Waals surface area contributed by atoms with Crippen LogP contribution in [-0.4, -0.2) is 35.0 Å². The number of amides is 1. The van der Waals surface area contributed by atoms with Crippen molar-refractivity contribution in [2.24, 2.45) is 0 Å². The molecule has 4 nitrogen and oxygen atoms in total. The van der Waals surface area contributed by atoms with Crippen molar-refractivity contribution >= 4 is 16.8 Å². The van der Waals surface area contributed by atoms with Crippen LogP contribution in [0.3, 0.4) is 0 Å². The molecule has 1 aliphatic heterocycles. The van der Waals surface area contributed by atoms with Crippen LogP contribution in [0.15, 0.2) is 60.7 Å². The second-order valence-corrected chi connectivity index (χ2v) is 6.11. The number of pyridine rings is 1. The molecular weight excluding hydrogens is 300 g/mol. The molecule has 1 aromatic heterocycles. The maximum Gasteiger partial charge on any atom is 0.254 e. The number of aromatic nitrogens is 1. The van der Waals surface area contributed by atoms with E-state index in [0.29, 0.717) is 19.0 Å². The Bertz CT molecular complexity index is 901. The minimum absolute atomic E-state index is 0.00614. The molecule has 1 fully saturated rings. The zero-order valence-electron chi connectivity index (χ0n) is 13.5. The molecule has 4 rings (SSSR count). The first-order valence-electron chi connectivity index (χ1n) is 8.08. The predicted molar refractivity (Wildman–Crippen MR) is 93.2 cm³/mol. The van der Waals surface area contributed by atoms with E-state index in [2.05, 4.69) is 4.98 Å². The molecule has 0 saturated carbocycles. The number of carbonyl (C=O) groups is 1. The lowest BCUT2D eigenvalue weighted by molar-refractivity contribution is 0.0161. The number of rotatable bonds is 3. The quantitative estimate of drug-likeness (QED) is 0.743. The highest BCUT2D eigenvalue weighted by atomic mass is 16.5. The van der Waals surface area contributed by atoms with Crippen molar-refractivity contribution in [3.63, 3.8) is 0 Å². The molecule has 0 bridgehead atoms. The number of hydrogen-bond acceptors (Lipinski definition) is 3. The van der Waals surface area contributed by atoms with Crippen LogP contribution in [0.1, 0.15) is 15.9 Å². The Morgan fingerprint density at radius 1 is 1.04 bits per heavy atom. The van der Waals surface area contributed by atoms with Crippen LogP contribution in [0.25, 0.3) is 10.9 Å². The van der Waals surface area contributed by atoms with Crippen molar-refractivity contribution in [1.29, 1.82) is 0 Å². The summed E-state index contributed by atoms with van der Waals surface area (Å²) < 4.78 is 5.90. The van der Waals surface area contributed by atoms with Crippen molar-refractivity contribution in [2.75, 3.05) is 13.1 Å². The number of fused-ring (bicyclic) bond motifs is 1. The zero-order chi connectivity index (χ0) is 16.5. The maximum atomic E-state index is 12.5. The summed E-state index contributed by atoms with van der Waals surface area (Å²) in [5.74, 6) is 0.682. The van der Waals surface area contributed by atoms with E-state index in [4.69, 9.17) is 4.74 Å². The second-order valence-electron chi connectivity index (χ2n) is 6.11. The average Bonchev–Trinajstić information content (AvgIpc) is 2.57. The Kier molecular flexibility index (Phi) is 3.65. The van der Waals surface area contributed by atoms with Crippen molar-refractivity contribution < 1.29 is 9.53 Å². The third-order valence-electron chi connectivity index (χ3n) is 4.37. The molecule has 4 heteroatoms. The Morgan fingerprint density at radius 3 is 2.62 bits per heavy atom. The van der Waals surface area contributed by atoms with Gasteiger partial charge in [-0.25, -0.2) is 4.98 Å². The normalized spacial score (nSPS) is 14.5. The molecule has 0 aliphatic carbocycles. The van der Waals surface area contributed by atoms with Gasteiger partial charge in [0.15, 0.2) is 0 Å². The molecule has 24 heavy (non-hydrogen) atoms. The average molecular weight is 318 g/mol. The fourth-order valence-electron chi connectivity index (χ4n) is 2.95. The zero-order valence-corrected chi connectivity index (χ0v) is 13.5. The van der Waals surface area contributed by atoms with Gasteiger partial charge in [-0.2, -0.15) is 0 Å². The van der Waals surface area contributed by atoms with Crippen LogP contribution in [0.4, 0.5) is 0 Å². The number of likely N-dealkylation sites (tertiary alicyclic amines) is 1. The molecule has 0 unspecified atom stereocenters. The van der Waals surface area contributed by atoms with Gasteiger partial charge in [-0.1, -0.05) is 36.4 Å². The van der Waals surface area contributed by atoms with Crippen molar-refractivity contribution in [3.8, 4) is 5.88 Å². The Hall–Kier alpha value is -2.88. The number of nitrogens with zero attached hydrogens (tertiary/aromatic N) is 2. The van der Waals surface area contributed by atoms with Crippen LogP contribution in [-0.2, 0) is 0 Å². The maximum absolute atomic E-state index is 12.5. The highest BCUT2D eigenvalue weighted by Crippen LogP contribution is 2.22. The van der Waals surface area contributed by atoms with Gasteiger partial charge in [0, 0.05) is 17.0 Å². The third kappa shape index (κ3) is 2.71. The lowest BCUT2D eigenvalue weighted by Gasteiger charge is -2.38. The summed E-state index contributed by atoms with van der Waals surface area (Å²) in [7, 11) is 0. The van der Waals surface area contributed by atoms with Crippen LogP contribution in [0, 0.1) is 6.92 Å². The Balaban J connectivity index is 1.40. The summed E-state index contributed by atoms with van der Waals surface area (Å²) in [6.07, 6.45) is 0.00614. The molecular formula is C20H18N2O2. The van der Waals surface area contributed by atoms with Crippen LogP contribution < -0.4 is 4.74 Å². The second kappa shape index (κ2) is 5.96. The fourth-order valence-corrected chi connectivity index (χ4v) is 2.95. The standard InChI is InChI=1S/C20H18N2O2/c1-14-6-2-4-8-17(14)20(23)22-12-16(13-22)24-19-11-10-15-7-3-5-9-18(15)21-19/h2-11,16H,12-13H2,1H3. The van der Waals surface area contributed by atoms with E-state index in [9.17, 15) is 4.79 Å². The van der Waals surface area contributed by atoms with Crippen molar-refractivity contribution in [3.05, 3.63) is 71.8 Å². The van der Waals surface area contributed by atoms with E-state index in [-0.39, 0.29) is 12.0 Å². The van der Waals surface area contributed by atoms with E-state index in [1.165, 1.54) is 0 Å². The SMILES string of the molecule is Cc1ccccc1C(=O)N1CC(Oc2ccc3ccccc3n2)C1. The van der Waals surface area contributed by atoms with E-state index in [0.717, 1.165) is 22.0 Å². The van der Waals surface area contributed by atoms with Gasteiger partial charge in [0.1, 0.15) is 6.10 Å². The number of hydrogen-bond donors (Lipinski definition) is 0. The molecule has 1 saturated heterocycles. The van der Waals surface area contributed by atoms with Crippen molar-refractivity contribution in [1.82, 2.24) is 9.88 Å². The first kappa shape index (κ1) is 14.7. The van der Waals surface area contributed by atoms with Gasteiger partial charge < -0.3 is 9.64 Å². The van der Waals surface area contributed by atoms with E-state index in [1.807, 2.05) is 72.5 Å². The summed E-state index contributed by atoms with van der Waals surface area (Å²) >= 11 is 0. The number of aryl methyl sites for hydroxylation is 1. The van der Waals surface area contributed by atoms with Crippen molar-refractivity contribution in [2.45, 2.75) is 13.0 Å². The summed E-state index contributed by atoms with van der Waals surface area (Å²) in [4.78, 5) is 18.8. The molecule has 0 N–H and O–H groups in total. The van der Waals surface area contributed by atoms with Gasteiger partial charge >= 0.3 is 0 Å². The molecule has 0 atom stereocenters.